The summed E-state index contributed by atoms with van der Waals surface area (Å²) >= 11 is 1.33. The number of halogens is 1. The summed E-state index contributed by atoms with van der Waals surface area (Å²) in [6, 6.07) is 9.92. The molecule has 0 spiro atoms. The van der Waals surface area contributed by atoms with Crippen molar-refractivity contribution in [2.24, 2.45) is 4.99 Å². The molecule has 10 heteroatoms. The number of esters is 1. The molecule has 31 heavy (non-hydrogen) atoms. The Hall–Kier alpha value is -2.47. The van der Waals surface area contributed by atoms with Gasteiger partial charge in [0.15, 0.2) is 5.96 Å². The summed E-state index contributed by atoms with van der Waals surface area (Å²) in [7, 11) is 1.71. The van der Waals surface area contributed by atoms with Crippen LogP contribution < -0.4 is 10.6 Å². The molecular weight excluding hydrogens is 527 g/mol. The van der Waals surface area contributed by atoms with E-state index in [1.54, 1.807) is 14.0 Å². The number of hydrogen-bond donors (Lipinski definition) is 3. The number of H-pyrrole nitrogens is 1. The van der Waals surface area contributed by atoms with Crippen molar-refractivity contribution < 1.29 is 9.53 Å². The molecule has 3 aromatic rings. The molecule has 3 rings (SSSR count). The molecule has 0 aliphatic rings. The Morgan fingerprint density at radius 2 is 2.06 bits per heavy atom. The van der Waals surface area contributed by atoms with Gasteiger partial charge in [0, 0.05) is 7.05 Å². The van der Waals surface area contributed by atoms with E-state index in [2.05, 4.69) is 30.6 Å². The van der Waals surface area contributed by atoms with Crippen molar-refractivity contribution in [3.8, 4) is 11.3 Å². The van der Waals surface area contributed by atoms with Gasteiger partial charge in [-0.15, -0.1) is 35.3 Å². The number of nitrogens with one attached hydrogen (secondary N) is 3. The largest absolute Gasteiger partial charge is 0.462 e. The van der Waals surface area contributed by atoms with Crippen molar-refractivity contribution in [1.29, 1.82) is 0 Å². The number of benzene rings is 1. The highest BCUT2D eigenvalue weighted by Gasteiger charge is 2.20. The summed E-state index contributed by atoms with van der Waals surface area (Å²) in [6.45, 7) is 6.41. The molecule has 3 N–H and O–H groups in total. The number of nitrogens with zero attached hydrogens (tertiary/aromatic N) is 3. The standard InChI is InChI=1S/C21H26N6O2S.HI/c1-5-29-20(28)18-13(2)25-19(30-18)14(3)26-21(22-4)24-12-17-23-11-16(27-17)15-9-7-6-8-10-15;/h6-11,14H,5,12H2,1-4H3,(H,23,27)(H2,22,24,26);1H. The monoisotopic (exact) mass is 554 g/mol. The Morgan fingerprint density at radius 3 is 2.74 bits per heavy atom. The van der Waals surface area contributed by atoms with Crippen LogP contribution in [0, 0.1) is 6.92 Å². The summed E-state index contributed by atoms with van der Waals surface area (Å²) in [4.78, 5) is 29.1. The van der Waals surface area contributed by atoms with Crippen LogP contribution in [0.4, 0.5) is 0 Å². The minimum atomic E-state index is -0.333. The van der Waals surface area contributed by atoms with Crippen LogP contribution in [0.15, 0.2) is 41.5 Å². The van der Waals surface area contributed by atoms with Gasteiger partial charge in [0.2, 0.25) is 0 Å². The van der Waals surface area contributed by atoms with Crippen LogP contribution in [0.3, 0.4) is 0 Å². The zero-order valence-corrected chi connectivity index (χ0v) is 21.1. The van der Waals surface area contributed by atoms with E-state index in [0.717, 1.165) is 22.1 Å². The number of rotatable bonds is 7. The number of aromatic nitrogens is 3. The summed E-state index contributed by atoms with van der Waals surface area (Å²) in [6.07, 6.45) is 1.82. The number of imidazole rings is 1. The molecule has 1 aromatic carbocycles. The van der Waals surface area contributed by atoms with Gasteiger partial charge in [-0.2, -0.15) is 0 Å². The third-order valence-electron chi connectivity index (χ3n) is 4.36. The Bertz CT molecular complexity index is 1020. The first-order chi connectivity index (χ1) is 14.5. The predicted molar refractivity (Wildman–Crippen MR) is 134 cm³/mol. The highest BCUT2D eigenvalue weighted by atomic mass is 127. The maximum Gasteiger partial charge on any atom is 0.350 e. The van der Waals surface area contributed by atoms with Crippen molar-refractivity contribution >= 4 is 47.2 Å². The third-order valence-corrected chi connectivity index (χ3v) is 5.68. The number of guanidine groups is 1. The van der Waals surface area contributed by atoms with Gasteiger partial charge >= 0.3 is 5.97 Å². The molecule has 0 fully saturated rings. The number of carbonyl (C=O) groups is 1. The Labute approximate surface area is 203 Å². The second kappa shape index (κ2) is 11.8. The van der Waals surface area contributed by atoms with Gasteiger partial charge in [-0.3, -0.25) is 4.99 Å². The molecule has 0 radical (unpaired) electrons. The van der Waals surface area contributed by atoms with Crippen molar-refractivity contribution in [2.45, 2.75) is 33.4 Å². The van der Waals surface area contributed by atoms with Crippen LogP contribution in [0.5, 0.6) is 0 Å². The van der Waals surface area contributed by atoms with E-state index in [-0.39, 0.29) is 36.0 Å². The first kappa shape index (κ1) is 24.8. The Kier molecular flexibility index (Phi) is 9.44. The minimum Gasteiger partial charge on any atom is -0.462 e. The van der Waals surface area contributed by atoms with Crippen LogP contribution >= 0.6 is 35.3 Å². The van der Waals surface area contributed by atoms with E-state index < -0.39 is 0 Å². The summed E-state index contributed by atoms with van der Waals surface area (Å²) < 4.78 is 5.09. The van der Waals surface area contributed by atoms with Crippen LogP contribution in [0.2, 0.25) is 0 Å². The molecule has 1 unspecified atom stereocenters. The Morgan fingerprint density at radius 1 is 1.32 bits per heavy atom. The minimum absolute atomic E-state index is 0. The summed E-state index contributed by atoms with van der Waals surface area (Å²) in [5.41, 5.74) is 2.73. The maximum absolute atomic E-state index is 12.0. The molecule has 166 valence electrons. The first-order valence-electron chi connectivity index (χ1n) is 9.72. The number of thiazole rings is 1. The number of carbonyl (C=O) groups excluding carboxylic acids is 1. The van der Waals surface area contributed by atoms with Crippen molar-refractivity contribution in [2.75, 3.05) is 13.7 Å². The van der Waals surface area contributed by atoms with E-state index in [1.165, 1.54) is 11.3 Å². The van der Waals surface area contributed by atoms with E-state index in [9.17, 15) is 4.79 Å². The SMILES string of the molecule is CCOC(=O)c1sc(C(C)NC(=NC)NCc2ncc(-c3ccccc3)[nH]2)nc1C.I. The molecule has 1 atom stereocenters. The topological polar surface area (TPSA) is 104 Å². The molecule has 0 aliphatic heterocycles. The molecule has 0 saturated heterocycles. The van der Waals surface area contributed by atoms with Crippen molar-refractivity contribution in [1.82, 2.24) is 25.6 Å². The average Bonchev–Trinajstić information content (AvgIpc) is 3.38. The average molecular weight is 554 g/mol. The normalized spacial score (nSPS) is 12.1. The zero-order valence-electron chi connectivity index (χ0n) is 17.9. The molecule has 0 amide bonds. The first-order valence-corrected chi connectivity index (χ1v) is 10.5. The van der Waals surface area contributed by atoms with Gasteiger partial charge in [0.25, 0.3) is 0 Å². The molecular formula is C21H27IN6O2S. The molecule has 8 nitrogen and oxygen atoms in total. The fraction of sp³-hybridized carbons (Fsp3) is 0.333. The Balaban J connectivity index is 0.00000341. The van der Waals surface area contributed by atoms with Gasteiger partial charge in [-0.05, 0) is 26.3 Å². The van der Waals surface area contributed by atoms with Crippen LogP contribution in [0.25, 0.3) is 11.3 Å². The lowest BCUT2D eigenvalue weighted by Gasteiger charge is -2.15. The van der Waals surface area contributed by atoms with Crippen LogP contribution in [-0.2, 0) is 11.3 Å². The highest BCUT2D eigenvalue weighted by molar-refractivity contribution is 14.0. The fourth-order valence-electron chi connectivity index (χ4n) is 2.83. The van der Waals surface area contributed by atoms with Crippen LogP contribution in [0.1, 0.15) is 46.1 Å². The van der Waals surface area contributed by atoms with E-state index in [0.29, 0.717) is 29.7 Å². The smallest absolute Gasteiger partial charge is 0.350 e. The maximum atomic E-state index is 12.0. The van der Waals surface area contributed by atoms with Crippen LogP contribution in [-0.4, -0.2) is 40.5 Å². The second-order valence-corrected chi connectivity index (χ2v) is 7.62. The van der Waals surface area contributed by atoms with Gasteiger partial charge < -0.3 is 20.4 Å². The van der Waals surface area contributed by atoms with E-state index in [4.69, 9.17) is 4.74 Å². The van der Waals surface area contributed by atoms with E-state index in [1.807, 2.05) is 50.4 Å². The van der Waals surface area contributed by atoms with Gasteiger partial charge in [0.1, 0.15) is 15.7 Å². The molecule has 2 heterocycles. The molecule has 2 aromatic heterocycles. The lowest BCUT2D eigenvalue weighted by Crippen LogP contribution is -2.38. The quantitative estimate of drug-likeness (QED) is 0.176. The van der Waals surface area contributed by atoms with Gasteiger partial charge in [-0.25, -0.2) is 14.8 Å². The summed E-state index contributed by atoms with van der Waals surface area (Å²) in [5, 5.41) is 7.34. The highest BCUT2D eigenvalue weighted by Crippen LogP contribution is 2.24. The predicted octanol–water partition coefficient (Wildman–Crippen LogP) is 4.06. The number of aryl methyl sites for hydroxylation is 1. The van der Waals surface area contributed by atoms with Crippen molar-refractivity contribution in [3.63, 3.8) is 0 Å². The van der Waals surface area contributed by atoms with Crippen molar-refractivity contribution in [3.05, 3.63) is 57.9 Å². The van der Waals surface area contributed by atoms with Gasteiger partial charge in [-0.1, -0.05) is 30.3 Å². The summed E-state index contributed by atoms with van der Waals surface area (Å²) in [5.74, 6) is 1.09. The lowest BCUT2D eigenvalue weighted by atomic mass is 10.2. The molecule has 0 bridgehead atoms. The number of ether oxygens (including phenoxy) is 1. The number of hydrogen-bond acceptors (Lipinski definition) is 6. The number of aliphatic imine (C=N–C) groups is 1. The van der Waals surface area contributed by atoms with E-state index >= 15 is 0 Å². The third kappa shape index (κ3) is 6.50. The molecule has 0 aliphatic carbocycles. The van der Waals surface area contributed by atoms with Gasteiger partial charge in [0.05, 0.1) is 36.8 Å². The lowest BCUT2D eigenvalue weighted by molar-refractivity contribution is 0.0531. The zero-order chi connectivity index (χ0) is 21.5. The second-order valence-electron chi connectivity index (χ2n) is 6.59. The molecule has 0 saturated carbocycles. The number of aromatic amines is 1. The fourth-order valence-corrected chi connectivity index (χ4v) is 3.80.